The Kier molecular flexibility index (Phi) is 4.29. The smallest absolute Gasteiger partial charge is 0.313 e. The average Bonchev–Trinajstić information content (AvgIpc) is 2.84. The SMILES string of the molecule is Cc1cn(CC2CCCN2C)c(SCC(=O)O)n1. The van der Waals surface area contributed by atoms with Crippen LogP contribution in [-0.2, 0) is 11.3 Å². The highest BCUT2D eigenvalue weighted by atomic mass is 32.2. The predicted octanol–water partition coefficient (Wildman–Crippen LogP) is 1.46. The summed E-state index contributed by atoms with van der Waals surface area (Å²) in [6.07, 6.45) is 4.46. The van der Waals surface area contributed by atoms with Crippen LogP contribution >= 0.6 is 11.8 Å². The highest BCUT2D eigenvalue weighted by Crippen LogP contribution is 2.22. The fourth-order valence-corrected chi connectivity index (χ4v) is 3.09. The Morgan fingerprint density at radius 2 is 2.44 bits per heavy atom. The second-order valence-electron chi connectivity index (χ2n) is 4.78. The van der Waals surface area contributed by atoms with E-state index in [1.165, 1.54) is 24.6 Å². The van der Waals surface area contributed by atoms with Crippen molar-refractivity contribution in [2.45, 2.75) is 37.5 Å². The normalized spacial score (nSPS) is 20.4. The van der Waals surface area contributed by atoms with Gasteiger partial charge in [-0.3, -0.25) is 4.79 Å². The molecule has 2 rings (SSSR count). The van der Waals surface area contributed by atoms with Crippen LogP contribution in [0.4, 0.5) is 0 Å². The van der Waals surface area contributed by atoms with Crippen LogP contribution in [0.2, 0.25) is 0 Å². The lowest BCUT2D eigenvalue weighted by Crippen LogP contribution is -2.29. The van der Waals surface area contributed by atoms with Gasteiger partial charge in [-0.05, 0) is 33.4 Å². The van der Waals surface area contributed by atoms with Crippen molar-refractivity contribution in [2.24, 2.45) is 0 Å². The van der Waals surface area contributed by atoms with E-state index in [1.54, 1.807) is 0 Å². The third kappa shape index (κ3) is 3.26. The lowest BCUT2D eigenvalue weighted by atomic mass is 10.2. The number of imidazole rings is 1. The average molecular weight is 269 g/mol. The van der Waals surface area contributed by atoms with Gasteiger partial charge in [-0.15, -0.1) is 0 Å². The van der Waals surface area contributed by atoms with Crippen LogP contribution in [0.15, 0.2) is 11.4 Å². The van der Waals surface area contributed by atoms with Gasteiger partial charge in [0, 0.05) is 18.8 Å². The van der Waals surface area contributed by atoms with Gasteiger partial charge in [0.1, 0.15) is 0 Å². The molecule has 0 aromatic carbocycles. The van der Waals surface area contributed by atoms with Crippen molar-refractivity contribution in [1.82, 2.24) is 14.5 Å². The minimum atomic E-state index is -0.801. The number of thioether (sulfide) groups is 1. The number of aryl methyl sites for hydroxylation is 1. The molecule has 1 aromatic rings. The van der Waals surface area contributed by atoms with Gasteiger partial charge in [-0.2, -0.15) is 0 Å². The molecule has 1 unspecified atom stereocenters. The van der Waals surface area contributed by atoms with Crippen molar-refractivity contribution in [3.05, 3.63) is 11.9 Å². The number of aromatic nitrogens is 2. The summed E-state index contributed by atoms with van der Waals surface area (Å²) in [4.78, 5) is 17.4. The molecule has 1 saturated heterocycles. The standard InChI is InChI=1S/C12H19N3O2S/c1-9-6-15(7-10-4-3-5-14(10)2)12(13-9)18-8-11(16)17/h6,10H,3-5,7-8H2,1-2H3,(H,16,17). The van der Waals surface area contributed by atoms with E-state index in [2.05, 4.69) is 21.5 Å². The number of carboxylic acids is 1. The highest BCUT2D eigenvalue weighted by molar-refractivity contribution is 7.99. The topological polar surface area (TPSA) is 58.4 Å². The molecule has 1 atom stereocenters. The molecule has 0 bridgehead atoms. The number of likely N-dealkylation sites (tertiary alicyclic amines) is 1. The third-order valence-corrected chi connectivity index (χ3v) is 4.24. The molecule has 18 heavy (non-hydrogen) atoms. The first kappa shape index (κ1) is 13.4. The molecule has 1 aliphatic heterocycles. The number of hydrogen-bond acceptors (Lipinski definition) is 4. The largest absolute Gasteiger partial charge is 0.481 e. The number of hydrogen-bond donors (Lipinski definition) is 1. The molecule has 0 saturated carbocycles. The molecule has 0 amide bonds. The van der Waals surface area contributed by atoms with Crippen LogP contribution in [-0.4, -0.2) is 50.9 Å². The Morgan fingerprint density at radius 3 is 3.06 bits per heavy atom. The van der Waals surface area contributed by atoms with Gasteiger partial charge in [0.2, 0.25) is 0 Å². The van der Waals surface area contributed by atoms with E-state index in [4.69, 9.17) is 5.11 Å². The summed E-state index contributed by atoms with van der Waals surface area (Å²) in [5.74, 6) is -0.734. The van der Waals surface area contributed by atoms with Gasteiger partial charge in [-0.1, -0.05) is 11.8 Å². The Balaban J connectivity index is 2.04. The molecule has 1 aromatic heterocycles. The Morgan fingerprint density at radius 1 is 1.67 bits per heavy atom. The second-order valence-corrected chi connectivity index (χ2v) is 5.72. The van der Waals surface area contributed by atoms with Crippen molar-refractivity contribution in [1.29, 1.82) is 0 Å². The highest BCUT2D eigenvalue weighted by Gasteiger charge is 2.22. The summed E-state index contributed by atoms with van der Waals surface area (Å²) in [6.45, 7) is 3.99. The minimum absolute atomic E-state index is 0.0664. The molecular weight excluding hydrogens is 250 g/mol. The van der Waals surface area contributed by atoms with Gasteiger partial charge < -0.3 is 14.6 Å². The van der Waals surface area contributed by atoms with Crippen LogP contribution in [0.5, 0.6) is 0 Å². The van der Waals surface area contributed by atoms with E-state index in [9.17, 15) is 4.79 Å². The minimum Gasteiger partial charge on any atom is -0.481 e. The van der Waals surface area contributed by atoms with E-state index in [0.717, 1.165) is 23.9 Å². The van der Waals surface area contributed by atoms with Crippen molar-refractivity contribution in [3.8, 4) is 0 Å². The summed E-state index contributed by atoms with van der Waals surface area (Å²) >= 11 is 1.29. The van der Waals surface area contributed by atoms with Crippen LogP contribution in [0, 0.1) is 6.92 Å². The van der Waals surface area contributed by atoms with Gasteiger partial charge in [0.05, 0.1) is 11.4 Å². The van der Waals surface area contributed by atoms with Crippen molar-refractivity contribution < 1.29 is 9.90 Å². The molecule has 100 valence electrons. The monoisotopic (exact) mass is 269 g/mol. The van der Waals surface area contributed by atoms with E-state index < -0.39 is 5.97 Å². The number of nitrogens with zero attached hydrogens (tertiary/aromatic N) is 3. The van der Waals surface area contributed by atoms with Gasteiger partial charge in [0.15, 0.2) is 5.16 Å². The zero-order valence-corrected chi connectivity index (χ0v) is 11.6. The molecule has 0 spiro atoms. The number of rotatable bonds is 5. The van der Waals surface area contributed by atoms with Crippen LogP contribution in [0.3, 0.4) is 0 Å². The molecule has 0 radical (unpaired) electrons. The Bertz CT molecular complexity index is 433. The fraction of sp³-hybridized carbons (Fsp3) is 0.667. The Hall–Kier alpha value is -1.01. The molecule has 1 fully saturated rings. The zero-order valence-electron chi connectivity index (χ0n) is 10.8. The third-order valence-electron chi connectivity index (χ3n) is 3.26. The van der Waals surface area contributed by atoms with Crippen LogP contribution in [0.25, 0.3) is 0 Å². The predicted molar refractivity (Wildman–Crippen MR) is 71.0 cm³/mol. The first-order valence-electron chi connectivity index (χ1n) is 6.15. The Labute approximate surface area is 111 Å². The van der Waals surface area contributed by atoms with Crippen LogP contribution in [0.1, 0.15) is 18.5 Å². The van der Waals surface area contributed by atoms with Crippen LogP contribution < -0.4 is 0 Å². The molecule has 2 heterocycles. The zero-order chi connectivity index (χ0) is 13.1. The summed E-state index contributed by atoms with van der Waals surface area (Å²) in [7, 11) is 2.14. The molecule has 5 nitrogen and oxygen atoms in total. The van der Waals surface area contributed by atoms with E-state index in [-0.39, 0.29) is 5.75 Å². The molecule has 6 heteroatoms. The maximum Gasteiger partial charge on any atom is 0.313 e. The number of carboxylic acid groups (broad SMARTS) is 1. The van der Waals surface area contributed by atoms with Gasteiger partial charge in [0.25, 0.3) is 0 Å². The van der Waals surface area contributed by atoms with E-state index >= 15 is 0 Å². The van der Waals surface area contributed by atoms with Gasteiger partial charge in [-0.25, -0.2) is 4.98 Å². The summed E-state index contributed by atoms with van der Waals surface area (Å²) in [5, 5.41) is 9.55. The first-order chi connectivity index (χ1) is 8.56. The molecule has 1 N–H and O–H groups in total. The van der Waals surface area contributed by atoms with Gasteiger partial charge >= 0.3 is 5.97 Å². The maximum absolute atomic E-state index is 10.6. The van der Waals surface area contributed by atoms with Crippen molar-refractivity contribution in [3.63, 3.8) is 0 Å². The van der Waals surface area contributed by atoms with E-state index in [0.29, 0.717) is 6.04 Å². The lowest BCUT2D eigenvalue weighted by molar-refractivity contribution is -0.133. The second kappa shape index (κ2) is 5.75. The van der Waals surface area contributed by atoms with E-state index in [1.807, 2.05) is 13.1 Å². The number of aliphatic carboxylic acids is 1. The molecule has 1 aliphatic rings. The molecular formula is C12H19N3O2S. The summed E-state index contributed by atoms with van der Waals surface area (Å²) in [5.41, 5.74) is 0.948. The molecule has 0 aliphatic carbocycles. The first-order valence-corrected chi connectivity index (χ1v) is 7.13. The summed E-state index contributed by atoms with van der Waals surface area (Å²) < 4.78 is 2.09. The quantitative estimate of drug-likeness (QED) is 0.820. The number of likely N-dealkylation sites (N-methyl/N-ethyl adjacent to an activating group) is 1. The van der Waals surface area contributed by atoms with Crippen molar-refractivity contribution in [2.75, 3.05) is 19.3 Å². The van der Waals surface area contributed by atoms with Crippen molar-refractivity contribution >= 4 is 17.7 Å². The fourth-order valence-electron chi connectivity index (χ4n) is 2.33. The summed E-state index contributed by atoms with van der Waals surface area (Å²) in [6, 6.07) is 0.544. The maximum atomic E-state index is 10.6. The lowest BCUT2D eigenvalue weighted by Gasteiger charge is -2.20. The number of carbonyl (C=O) groups is 1.